The molecule has 26 heavy (non-hydrogen) atoms. The van der Waals surface area contributed by atoms with E-state index < -0.39 is 5.54 Å². The molecule has 3 N–H and O–H groups in total. The first-order valence-corrected chi connectivity index (χ1v) is 8.84. The summed E-state index contributed by atoms with van der Waals surface area (Å²) in [6.45, 7) is 5.82. The zero-order chi connectivity index (χ0) is 17.0. The number of hydrogen-bond acceptors (Lipinski definition) is 6. The van der Waals surface area contributed by atoms with Gasteiger partial charge in [0.1, 0.15) is 5.54 Å². The fourth-order valence-corrected chi connectivity index (χ4v) is 3.26. The molecule has 9 heteroatoms. The number of hydrogen-bond donors (Lipinski definition) is 2. The van der Waals surface area contributed by atoms with Gasteiger partial charge in [-0.2, -0.15) is 0 Å². The Bertz CT molecular complexity index is 691. The summed E-state index contributed by atoms with van der Waals surface area (Å²) in [5.74, 6) is -0.263. The Labute approximate surface area is 169 Å². The molecule has 1 amide bonds. The molecule has 1 atom stereocenters. The lowest BCUT2D eigenvalue weighted by Crippen LogP contribution is -2.45. The van der Waals surface area contributed by atoms with Gasteiger partial charge in [-0.1, -0.05) is 30.3 Å². The van der Waals surface area contributed by atoms with E-state index >= 15 is 0 Å². The molecule has 6 nitrogen and oxygen atoms in total. The third kappa shape index (κ3) is 5.64. The van der Waals surface area contributed by atoms with Crippen LogP contribution in [0.1, 0.15) is 18.2 Å². The predicted molar refractivity (Wildman–Crippen MR) is 109 cm³/mol. The maximum absolute atomic E-state index is 12.5. The lowest BCUT2D eigenvalue weighted by atomic mass is 9.92. The topological polar surface area (TPSA) is 80.5 Å². The highest BCUT2D eigenvalue weighted by Crippen LogP contribution is 2.22. The average Bonchev–Trinajstić information content (AvgIpc) is 3.03. The number of carbonyl (C=O) groups is 1. The summed E-state index contributed by atoms with van der Waals surface area (Å²) in [5, 5.41) is 5.39. The van der Waals surface area contributed by atoms with Crippen molar-refractivity contribution in [2.45, 2.75) is 19.0 Å². The van der Waals surface area contributed by atoms with Gasteiger partial charge in [-0.3, -0.25) is 9.69 Å². The van der Waals surface area contributed by atoms with Gasteiger partial charge in [0.15, 0.2) is 5.13 Å². The van der Waals surface area contributed by atoms with Crippen LogP contribution in [0.15, 0.2) is 35.7 Å². The molecule has 1 unspecified atom stereocenters. The molecule has 1 saturated heterocycles. The zero-order valence-corrected chi connectivity index (χ0v) is 17.0. The first-order valence-electron chi connectivity index (χ1n) is 7.96. The second kappa shape index (κ2) is 10.2. The number of morpholine rings is 1. The molecule has 2 aromatic rings. The molecule has 144 valence electrons. The number of thiazole rings is 1. The standard InChI is InChI=1S/C17H22N4O2S.2ClH/c1-17(18,13-5-3-2-4-6-13)15(22)20-16-19-14(12-24-16)11-21-7-9-23-10-8-21;;/h2-6,12H,7-11,18H2,1H3,(H,19,20,22);2*1H. The highest BCUT2D eigenvalue weighted by atomic mass is 35.5. The Hall–Kier alpha value is -1.22. The maximum atomic E-state index is 12.5. The Balaban J connectivity index is 0.00000169. The van der Waals surface area contributed by atoms with Gasteiger partial charge in [0.2, 0.25) is 0 Å². The average molecular weight is 419 g/mol. The number of anilines is 1. The van der Waals surface area contributed by atoms with Crippen LogP contribution in [-0.4, -0.2) is 42.1 Å². The molecule has 0 spiro atoms. The Morgan fingerprint density at radius 1 is 1.31 bits per heavy atom. The number of halogens is 2. The number of amides is 1. The minimum absolute atomic E-state index is 0. The van der Waals surface area contributed by atoms with Crippen molar-refractivity contribution in [1.82, 2.24) is 9.88 Å². The van der Waals surface area contributed by atoms with Crippen LogP contribution < -0.4 is 11.1 Å². The third-order valence-electron chi connectivity index (χ3n) is 4.11. The maximum Gasteiger partial charge on any atom is 0.250 e. The van der Waals surface area contributed by atoms with Gasteiger partial charge in [-0.05, 0) is 12.5 Å². The number of ether oxygens (including phenoxy) is 1. The molecule has 0 bridgehead atoms. The predicted octanol–water partition coefficient (Wildman–Crippen LogP) is 2.63. The van der Waals surface area contributed by atoms with E-state index in [1.54, 1.807) is 6.92 Å². The Morgan fingerprint density at radius 2 is 1.96 bits per heavy atom. The third-order valence-corrected chi connectivity index (χ3v) is 4.91. The molecule has 1 aliphatic heterocycles. The summed E-state index contributed by atoms with van der Waals surface area (Å²) in [7, 11) is 0. The lowest BCUT2D eigenvalue weighted by molar-refractivity contribution is -0.120. The van der Waals surface area contributed by atoms with Crippen molar-refractivity contribution in [2.75, 3.05) is 31.6 Å². The van der Waals surface area contributed by atoms with Gasteiger partial charge >= 0.3 is 0 Å². The van der Waals surface area contributed by atoms with Crippen LogP contribution in [0.3, 0.4) is 0 Å². The van der Waals surface area contributed by atoms with E-state index in [1.807, 2.05) is 35.7 Å². The number of nitrogens with one attached hydrogen (secondary N) is 1. The smallest absolute Gasteiger partial charge is 0.250 e. The van der Waals surface area contributed by atoms with Crippen LogP contribution in [0, 0.1) is 0 Å². The molecule has 0 saturated carbocycles. The number of rotatable bonds is 5. The van der Waals surface area contributed by atoms with Crippen LogP contribution in [0.25, 0.3) is 0 Å². The summed E-state index contributed by atoms with van der Waals surface area (Å²) in [4.78, 5) is 19.3. The fraction of sp³-hybridized carbons (Fsp3) is 0.412. The van der Waals surface area contributed by atoms with E-state index in [1.165, 1.54) is 11.3 Å². The molecule has 1 aliphatic rings. The summed E-state index contributed by atoms with van der Waals surface area (Å²) >= 11 is 1.42. The van der Waals surface area contributed by atoms with Crippen LogP contribution in [0.2, 0.25) is 0 Å². The van der Waals surface area contributed by atoms with Gasteiger partial charge in [0, 0.05) is 25.0 Å². The molecule has 1 fully saturated rings. The SMILES string of the molecule is CC(N)(C(=O)Nc1nc(CN2CCOCC2)cs1)c1ccccc1.Cl.Cl. The van der Waals surface area contributed by atoms with Crippen LogP contribution in [0.4, 0.5) is 5.13 Å². The van der Waals surface area contributed by atoms with Crippen LogP contribution in [-0.2, 0) is 21.6 Å². The van der Waals surface area contributed by atoms with Crippen molar-refractivity contribution in [3.8, 4) is 0 Å². The highest BCUT2D eigenvalue weighted by molar-refractivity contribution is 7.13. The number of carbonyl (C=O) groups excluding carboxylic acids is 1. The van der Waals surface area contributed by atoms with Crippen molar-refractivity contribution in [1.29, 1.82) is 0 Å². The van der Waals surface area contributed by atoms with Gasteiger partial charge < -0.3 is 15.8 Å². The van der Waals surface area contributed by atoms with Crippen molar-refractivity contribution in [2.24, 2.45) is 5.73 Å². The number of nitrogens with zero attached hydrogens (tertiary/aromatic N) is 2. The largest absolute Gasteiger partial charge is 0.379 e. The molecule has 3 rings (SSSR count). The zero-order valence-electron chi connectivity index (χ0n) is 14.5. The normalized spacial score (nSPS) is 16.7. The van der Waals surface area contributed by atoms with E-state index in [0.717, 1.165) is 44.1 Å². The van der Waals surface area contributed by atoms with Crippen LogP contribution in [0.5, 0.6) is 0 Å². The van der Waals surface area contributed by atoms with Gasteiger partial charge in [0.25, 0.3) is 5.91 Å². The molecular weight excluding hydrogens is 395 g/mol. The number of nitrogens with two attached hydrogens (primary N) is 1. The molecule has 1 aromatic carbocycles. The van der Waals surface area contributed by atoms with Crippen molar-refractivity contribution in [3.63, 3.8) is 0 Å². The first-order chi connectivity index (χ1) is 11.6. The van der Waals surface area contributed by atoms with Gasteiger partial charge in [0.05, 0.1) is 18.9 Å². The van der Waals surface area contributed by atoms with Gasteiger partial charge in [-0.15, -0.1) is 36.2 Å². The second-order valence-corrected chi connectivity index (χ2v) is 6.91. The summed E-state index contributed by atoms with van der Waals surface area (Å²) in [6.07, 6.45) is 0. The molecule has 1 aromatic heterocycles. The molecule has 0 radical (unpaired) electrons. The number of benzene rings is 1. The first kappa shape index (κ1) is 22.8. The quantitative estimate of drug-likeness (QED) is 0.779. The minimum atomic E-state index is -1.10. The highest BCUT2D eigenvalue weighted by Gasteiger charge is 2.31. The lowest BCUT2D eigenvalue weighted by Gasteiger charge is -2.25. The fourth-order valence-electron chi connectivity index (χ4n) is 2.57. The van der Waals surface area contributed by atoms with E-state index in [4.69, 9.17) is 10.5 Å². The van der Waals surface area contributed by atoms with Gasteiger partial charge in [-0.25, -0.2) is 4.98 Å². The Kier molecular flexibility index (Phi) is 8.95. The molecular formula is C17H24Cl2N4O2S. The summed E-state index contributed by atoms with van der Waals surface area (Å²) < 4.78 is 5.34. The molecule has 2 heterocycles. The van der Waals surface area contributed by atoms with E-state index in [9.17, 15) is 4.79 Å². The summed E-state index contributed by atoms with van der Waals surface area (Å²) in [5.41, 5.74) is 6.85. The van der Waals surface area contributed by atoms with Crippen molar-refractivity contribution in [3.05, 3.63) is 47.0 Å². The molecule has 0 aliphatic carbocycles. The van der Waals surface area contributed by atoms with E-state index in [0.29, 0.717) is 5.13 Å². The van der Waals surface area contributed by atoms with Crippen LogP contribution >= 0.6 is 36.2 Å². The van der Waals surface area contributed by atoms with Crippen molar-refractivity contribution >= 4 is 47.2 Å². The minimum Gasteiger partial charge on any atom is -0.379 e. The second-order valence-electron chi connectivity index (χ2n) is 6.06. The van der Waals surface area contributed by atoms with E-state index in [2.05, 4.69) is 15.2 Å². The number of aromatic nitrogens is 1. The van der Waals surface area contributed by atoms with E-state index in [-0.39, 0.29) is 30.7 Å². The summed E-state index contributed by atoms with van der Waals surface area (Å²) in [6, 6.07) is 9.35. The monoisotopic (exact) mass is 418 g/mol. The van der Waals surface area contributed by atoms with Crippen molar-refractivity contribution < 1.29 is 9.53 Å². The Morgan fingerprint density at radius 3 is 2.62 bits per heavy atom.